The predicted molar refractivity (Wildman–Crippen MR) is 82.8 cm³/mol. The van der Waals surface area contributed by atoms with E-state index >= 15 is 0 Å². The van der Waals surface area contributed by atoms with Crippen molar-refractivity contribution in [2.45, 2.75) is 13.8 Å². The minimum absolute atomic E-state index is 0.462. The third-order valence-electron chi connectivity index (χ3n) is 3.00. The lowest BCUT2D eigenvalue weighted by Crippen LogP contribution is -2.09. The van der Waals surface area contributed by atoms with E-state index in [1.54, 1.807) is 0 Å². The first kappa shape index (κ1) is 14.5. The van der Waals surface area contributed by atoms with E-state index in [0.29, 0.717) is 13.2 Å². The first-order chi connectivity index (χ1) is 9.56. The van der Waals surface area contributed by atoms with Crippen LogP contribution in [0.4, 0.5) is 5.69 Å². The fourth-order valence-corrected chi connectivity index (χ4v) is 1.85. The maximum atomic E-state index is 5.96. The predicted octanol–water partition coefficient (Wildman–Crippen LogP) is 4.00. The molecule has 0 saturated carbocycles. The van der Waals surface area contributed by atoms with Crippen molar-refractivity contribution >= 4 is 17.3 Å². The largest absolute Gasteiger partial charge is 0.490 e. The Kier molecular flexibility index (Phi) is 4.74. The van der Waals surface area contributed by atoms with Crippen LogP contribution in [0.5, 0.6) is 11.5 Å². The van der Waals surface area contributed by atoms with Gasteiger partial charge in [-0.15, -0.1) is 0 Å². The van der Waals surface area contributed by atoms with Crippen LogP contribution in [0, 0.1) is 13.8 Å². The minimum Gasteiger partial charge on any atom is -0.490 e. The van der Waals surface area contributed by atoms with Gasteiger partial charge in [-0.2, -0.15) is 0 Å². The number of hydrogen-bond acceptors (Lipinski definition) is 3. The lowest BCUT2D eigenvalue weighted by molar-refractivity contribution is 0.217. The van der Waals surface area contributed by atoms with Crippen LogP contribution in [0.3, 0.4) is 0 Å². The summed E-state index contributed by atoms with van der Waals surface area (Å²) in [6, 6.07) is 11.2. The SMILES string of the molecule is Cc1ccc(OCCOc2ccc(Cl)c(C)c2)cc1N. The molecule has 0 unspecified atom stereocenters. The van der Waals surface area contributed by atoms with Crippen LogP contribution in [0.15, 0.2) is 36.4 Å². The molecule has 2 aromatic carbocycles. The van der Waals surface area contributed by atoms with Crippen LogP contribution in [0.2, 0.25) is 5.02 Å². The van der Waals surface area contributed by atoms with Crippen molar-refractivity contribution in [2.24, 2.45) is 0 Å². The summed E-state index contributed by atoms with van der Waals surface area (Å²) in [6.07, 6.45) is 0. The monoisotopic (exact) mass is 291 g/mol. The van der Waals surface area contributed by atoms with E-state index in [9.17, 15) is 0 Å². The number of anilines is 1. The van der Waals surface area contributed by atoms with Crippen LogP contribution in [-0.2, 0) is 0 Å². The minimum atomic E-state index is 0.462. The number of nitrogens with two attached hydrogens (primary N) is 1. The number of aryl methyl sites for hydroxylation is 2. The fraction of sp³-hybridized carbons (Fsp3) is 0.250. The molecule has 0 aromatic heterocycles. The Hall–Kier alpha value is -1.87. The molecule has 0 heterocycles. The van der Waals surface area contributed by atoms with Crippen molar-refractivity contribution in [1.29, 1.82) is 0 Å². The standard InChI is InChI=1S/C16H18ClNO2/c1-11-3-4-14(10-16(11)18)20-8-7-19-13-5-6-15(17)12(2)9-13/h3-6,9-10H,7-8,18H2,1-2H3. The summed E-state index contributed by atoms with van der Waals surface area (Å²) in [5, 5.41) is 0.740. The molecule has 0 amide bonds. The van der Waals surface area contributed by atoms with Gasteiger partial charge in [0.15, 0.2) is 0 Å². The van der Waals surface area contributed by atoms with Gasteiger partial charge in [-0.25, -0.2) is 0 Å². The van der Waals surface area contributed by atoms with Gasteiger partial charge in [0.05, 0.1) is 0 Å². The summed E-state index contributed by atoms with van der Waals surface area (Å²) >= 11 is 5.96. The number of nitrogen functional groups attached to an aromatic ring is 1. The Morgan fingerprint density at radius 2 is 1.50 bits per heavy atom. The normalized spacial score (nSPS) is 10.3. The molecule has 2 aromatic rings. The summed E-state index contributed by atoms with van der Waals surface area (Å²) in [6.45, 7) is 4.84. The highest BCUT2D eigenvalue weighted by atomic mass is 35.5. The maximum Gasteiger partial charge on any atom is 0.122 e. The maximum absolute atomic E-state index is 5.96. The Balaban J connectivity index is 1.81. The molecular formula is C16H18ClNO2. The molecule has 0 aliphatic heterocycles. The summed E-state index contributed by atoms with van der Waals surface area (Å²) < 4.78 is 11.2. The molecule has 0 saturated heterocycles. The number of ether oxygens (including phenoxy) is 2. The smallest absolute Gasteiger partial charge is 0.122 e. The molecule has 2 N–H and O–H groups in total. The molecule has 0 atom stereocenters. The van der Waals surface area contributed by atoms with Crippen molar-refractivity contribution in [3.63, 3.8) is 0 Å². The lowest BCUT2D eigenvalue weighted by atomic mass is 10.2. The van der Waals surface area contributed by atoms with E-state index in [4.69, 9.17) is 26.8 Å². The van der Waals surface area contributed by atoms with Crippen molar-refractivity contribution in [3.05, 3.63) is 52.5 Å². The molecule has 4 heteroatoms. The number of halogens is 1. The molecular weight excluding hydrogens is 274 g/mol. The van der Waals surface area contributed by atoms with Crippen molar-refractivity contribution in [3.8, 4) is 11.5 Å². The van der Waals surface area contributed by atoms with E-state index in [2.05, 4.69) is 0 Å². The number of rotatable bonds is 5. The average Bonchev–Trinajstić information content (AvgIpc) is 2.42. The number of hydrogen-bond donors (Lipinski definition) is 1. The van der Waals surface area contributed by atoms with Gasteiger partial charge in [-0.1, -0.05) is 17.7 Å². The summed E-state index contributed by atoms with van der Waals surface area (Å²) in [5.41, 5.74) is 8.60. The molecule has 0 aliphatic carbocycles. The molecule has 20 heavy (non-hydrogen) atoms. The zero-order chi connectivity index (χ0) is 14.5. The Labute approximate surface area is 124 Å². The second kappa shape index (κ2) is 6.53. The molecule has 0 bridgehead atoms. The van der Waals surface area contributed by atoms with Gasteiger partial charge < -0.3 is 15.2 Å². The van der Waals surface area contributed by atoms with E-state index in [1.807, 2.05) is 50.2 Å². The Bertz CT molecular complexity index is 546. The van der Waals surface area contributed by atoms with Gasteiger partial charge in [0, 0.05) is 16.8 Å². The summed E-state index contributed by atoms with van der Waals surface area (Å²) in [4.78, 5) is 0. The third kappa shape index (κ3) is 3.81. The van der Waals surface area contributed by atoms with E-state index in [0.717, 1.165) is 33.3 Å². The molecule has 0 aliphatic rings. The van der Waals surface area contributed by atoms with Crippen LogP contribution in [0.1, 0.15) is 11.1 Å². The van der Waals surface area contributed by atoms with Gasteiger partial charge in [0.2, 0.25) is 0 Å². The molecule has 2 rings (SSSR count). The highest BCUT2D eigenvalue weighted by Crippen LogP contribution is 2.21. The first-order valence-corrected chi connectivity index (χ1v) is 6.82. The first-order valence-electron chi connectivity index (χ1n) is 6.44. The second-order valence-corrected chi connectivity index (χ2v) is 5.03. The van der Waals surface area contributed by atoms with E-state index in [1.165, 1.54) is 0 Å². The summed E-state index contributed by atoms with van der Waals surface area (Å²) in [7, 11) is 0. The van der Waals surface area contributed by atoms with Gasteiger partial charge in [-0.05, 0) is 49.2 Å². The van der Waals surface area contributed by atoms with Crippen LogP contribution in [0.25, 0.3) is 0 Å². The van der Waals surface area contributed by atoms with Gasteiger partial charge in [0.25, 0.3) is 0 Å². The summed E-state index contributed by atoms with van der Waals surface area (Å²) in [5.74, 6) is 1.54. The van der Waals surface area contributed by atoms with Gasteiger partial charge in [-0.3, -0.25) is 0 Å². The Morgan fingerprint density at radius 1 is 0.900 bits per heavy atom. The second-order valence-electron chi connectivity index (χ2n) is 4.63. The highest BCUT2D eigenvalue weighted by molar-refractivity contribution is 6.31. The average molecular weight is 292 g/mol. The zero-order valence-corrected chi connectivity index (χ0v) is 12.4. The quantitative estimate of drug-likeness (QED) is 0.669. The molecule has 3 nitrogen and oxygen atoms in total. The highest BCUT2D eigenvalue weighted by Gasteiger charge is 2.00. The van der Waals surface area contributed by atoms with E-state index < -0.39 is 0 Å². The topological polar surface area (TPSA) is 44.5 Å². The molecule has 0 spiro atoms. The molecule has 0 radical (unpaired) electrons. The van der Waals surface area contributed by atoms with Crippen LogP contribution in [-0.4, -0.2) is 13.2 Å². The molecule has 0 fully saturated rings. The Morgan fingerprint density at radius 3 is 2.10 bits per heavy atom. The lowest BCUT2D eigenvalue weighted by Gasteiger charge is -2.10. The van der Waals surface area contributed by atoms with Gasteiger partial charge in [0.1, 0.15) is 24.7 Å². The van der Waals surface area contributed by atoms with Crippen molar-refractivity contribution < 1.29 is 9.47 Å². The van der Waals surface area contributed by atoms with Crippen LogP contribution < -0.4 is 15.2 Å². The fourth-order valence-electron chi connectivity index (χ4n) is 1.73. The van der Waals surface area contributed by atoms with Crippen molar-refractivity contribution in [1.82, 2.24) is 0 Å². The van der Waals surface area contributed by atoms with Crippen LogP contribution >= 0.6 is 11.6 Å². The number of benzene rings is 2. The third-order valence-corrected chi connectivity index (χ3v) is 3.42. The van der Waals surface area contributed by atoms with Crippen molar-refractivity contribution in [2.75, 3.05) is 18.9 Å². The van der Waals surface area contributed by atoms with Gasteiger partial charge >= 0.3 is 0 Å². The molecule has 106 valence electrons. The van der Waals surface area contributed by atoms with E-state index in [-0.39, 0.29) is 0 Å². The zero-order valence-electron chi connectivity index (χ0n) is 11.7.